The van der Waals surface area contributed by atoms with Crippen molar-refractivity contribution in [1.29, 1.82) is 0 Å². The zero-order valence-electron chi connectivity index (χ0n) is 20.4. The van der Waals surface area contributed by atoms with Crippen molar-refractivity contribution in [3.63, 3.8) is 0 Å². The average Bonchev–Trinajstić information content (AvgIpc) is 3.36. The Labute approximate surface area is 208 Å². The van der Waals surface area contributed by atoms with Gasteiger partial charge in [-0.15, -0.1) is 0 Å². The van der Waals surface area contributed by atoms with Crippen LogP contribution in [0.2, 0.25) is 0 Å². The molecule has 0 saturated heterocycles. The lowest BCUT2D eigenvalue weighted by molar-refractivity contribution is 0.244. The summed E-state index contributed by atoms with van der Waals surface area (Å²) in [5.74, 6) is 1.01. The number of aromatic nitrogens is 2. The van der Waals surface area contributed by atoms with E-state index in [4.69, 9.17) is 9.26 Å². The maximum Gasteiger partial charge on any atom is 0.326 e. The van der Waals surface area contributed by atoms with E-state index in [2.05, 4.69) is 15.5 Å². The van der Waals surface area contributed by atoms with Crippen molar-refractivity contribution in [2.24, 2.45) is 0 Å². The number of allylic oxidation sites excluding steroid dienone is 1. The van der Waals surface area contributed by atoms with Gasteiger partial charge in [0.15, 0.2) is 0 Å². The van der Waals surface area contributed by atoms with Crippen molar-refractivity contribution in [1.82, 2.24) is 15.5 Å². The van der Waals surface area contributed by atoms with Crippen LogP contribution in [-0.2, 0) is 0 Å². The van der Waals surface area contributed by atoms with Crippen molar-refractivity contribution in [2.75, 3.05) is 12.0 Å². The first-order valence-corrected chi connectivity index (χ1v) is 11.5. The third-order valence-electron chi connectivity index (χ3n) is 6.28. The fourth-order valence-electron chi connectivity index (χ4n) is 4.32. The first kappa shape index (κ1) is 23.3. The van der Waals surface area contributed by atoms with E-state index in [0.717, 1.165) is 16.7 Å². The molecule has 5 rings (SSSR count). The third kappa shape index (κ3) is 4.22. The summed E-state index contributed by atoms with van der Waals surface area (Å²) in [6.07, 6.45) is 0. The number of halogens is 1. The van der Waals surface area contributed by atoms with E-state index in [1.807, 2.05) is 62.4 Å². The number of benzene rings is 3. The highest BCUT2D eigenvalue weighted by Crippen LogP contribution is 2.39. The van der Waals surface area contributed by atoms with Crippen molar-refractivity contribution in [3.8, 4) is 17.1 Å². The standard InChI is InChI=1S/C28H25FN4O3/c1-16-8-10-19(11-9-16)25-24(27-31-26(32-36-27)20-6-5-7-22(15-20)35-4)18(3)33(28(34)30-25)21-12-13-23(29)17(2)14-21/h5-15,25H,1-4H3,(H,30,34). The molecule has 1 atom stereocenters. The van der Waals surface area contributed by atoms with Crippen LogP contribution in [0, 0.1) is 19.7 Å². The second kappa shape index (κ2) is 9.30. The number of nitrogens with zero attached hydrogens (tertiary/aromatic N) is 3. The second-order valence-electron chi connectivity index (χ2n) is 8.72. The summed E-state index contributed by atoms with van der Waals surface area (Å²) >= 11 is 0. The van der Waals surface area contributed by atoms with E-state index in [1.54, 1.807) is 26.2 Å². The molecule has 2 amide bonds. The maximum atomic E-state index is 14.0. The Morgan fingerprint density at radius 2 is 1.81 bits per heavy atom. The number of rotatable bonds is 5. The molecule has 182 valence electrons. The smallest absolute Gasteiger partial charge is 0.326 e. The molecule has 2 heterocycles. The number of aryl methyl sites for hydroxylation is 2. The van der Waals surface area contributed by atoms with Gasteiger partial charge in [-0.3, -0.25) is 4.90 Å². The number of amides is 2. The summed E-state index contributed by atoms with van der Waals surface area (Å²) in [6.45, 7) is 5.49. The van der Waals surface area contributed by atoms with Crippen LogP contribution in [0.4, 0.5) is 14.9 Å². The Morgan fingerprint density at radius 3 is 2.53 bits per heavy atom. The van der Waals surface area contributed by atoms with Crippen LogP contribution >= 0.6 is 0 Å². The third-order valence-corrected chi connectivity index (χ3v) is 6.28. The summed E-state index contributed by atoms with van der Waals surface area (Å²) in [6, 6.07) is 19.0. The molecule has 36 heavy (non-hydrogen) atoms. The van der Waals surface area contributed by atoms with Crippen LogP contribution in [0.25, 0.3) is 17.0 Å². The molecular weight excluding hydrogens is 459 g/mol. The number of nitrogens with one attached hydrogen (secondary N) is 1. The van der Waals surface area contributed by atoms with Gasteiger partial charge in [0.1, 0.15) is 11.6 Å². The predicted molar refractivity (Wildman–Crippen MR) is 135 cm³/mol. The molecule has 4 aromatic rings. The van der Waals surface area contributed by atoms with E-state index in [0.29, 0.717) is 34.1 Å². The van der Waals surface area contributed by atoms with E-state index in [9.17, 15) is 9.18 Å². The van der Waals surface area contributed by atoms with Crippen molar-refractivity contribution in [2.45, 2.75) is 26.8 Å². The Balaban J connectivity index is 1.65. The molecule has 1 aliphatic heterocycles. The number of ether oxygens (including phenoxy) is 1. The molecule has 0 radical (unpaired) electrons. The summed E-state index contributed by atoms with van der Waals surface area (Å²) in [5.41, 5.74) is 4.95. The number of carbonyl (C=O) groups is 1. The molecule has 1 aromatic heterocycles. The second-order valence-corrected chi connectivity index (χ2v) is 8.72. The van der Waals surface area contributed by atoms with Gasteiger partial charge in [-0.1, -0.05) is 47.1 Å². The summed E-state index contributed by atoms with van der Waals surface area (Å²) in [4.78, 5) is 19.5. The van der Waals surface area contributed by atoms with Gasteiger partial charge in [-0.2, -0.15) is 4.98 Å². The van der Waals surface area contributed by atoms with Gasteiger partial charge in [0.25, 0.3) is 5.89 Å². The van der Waals surface area contributed by atoms with Gasteiger partial charge < -0.3 is 14.6 Å². The van der Waals surface area contributed by atoms with Gasteiger partial charge in [0, 0.05) is 11.3 Å². The highest BCUT2D eigenvalue weighted by atomic mass is 19.1. The molecule has 7 nitrogen and oxygen atoms in total. The monoisotopic (exact) mass is 484 g/mol. The first-order chi connectivity index (χ1) is 17.4. The minimum atomic E-state index is -0.519. The number of methoxy groups -OCH3 is 1. The molecule has 8 heteroatoms. The average molecular weight is 485 g/mol. The highest BCUT2D eigenvalue weighted by molar-refractivity contribution is 6.01. The predicted octanol–water partition coefficient (Wildman–Crippen LogP) is 6.20. The SMILES string of the molecule is COc1cccc(-c2noc(C3=C(C)N(c4ccc(F)c(C)c4)C(=O)NC3c3ccc(C)cc3)n2)c1. The maximum absolute atomic E-state index is 14.0. The van der Waals surface area contributed by atoms with Gasteiger partial charge in [-0.05, 0) is 62.2 Å². The van der Waals surface area contributed by atoms with Crippen LogP contribution in [0.15, 0.2) is 77.0 Å². The molecule has 1 aliphatic rings. The normalized spacial score (nSPS) is 15.8. The van der Waals surface area contributed by atoms with Crippen LogP contribution < -0.4 is 15.0 Å². The van der Waals surface area contributed by atoms with Crippen LogP contribution in [-0.4, -0.2) is 23.3 Å². The van der Waals surface area contributed by atoms with E-state index in [-0.39, 0.29) is 17.7 Å². The summed E-state index contributed by atoms with van der Waals surface area (Å²) in [5, 5.41) is 7.27. The van der Waals surface area contributed by atoms with E-state index >= 15 is 0 Å². The minimum absolute atomic E-state index is 0.278. The summed E-state index contributed by atoms with van der Waals surface area (Å²) in [7, 11) is 1.59. The largest absolute Gasteiger partial charge is 0.497 e. The molecule has 1 N–H and O–H groups in total. The molecular formula is C28H25FN4O3. The molecule has 0 aliphatic carbocycles. The summed E-state index contributed by atoms with van der Waals surface area (Å²) < 4.78 is 25.0. The zero-order chi connectivity index (χ0) is 25.4. The van der Waals surface area contributed by atoms with Gasteiger partial charge >= 0.3 is 6.03 Å². The number of urea groups is 1. The first-order valence-electron chi connectivity index (χ1n) is 11.5. The Hall–Kier alpha value is -4.46. The lowest BCUT2D eigenvalue weighted by atomic mass is 9.94. The Bertz CT molecular complexity index is 1480. The van der Waals surface area contributed by atoms with Crippen LogP contribution in [0.3, 0.4) is 0 Å². The van der Waals surface area contributed by atoms with Gasteiger partial charge in [0.05, 0.1) is 24.4 Å². The van der Waals surface area contributed by atoms with Crippen molar-refractivity contribution in [3.05, 3.63) is 101 Å². The van der Waals surface area contributed by atoms with E-state index < -0.39 is 6.04 Å². The minimum Gasteiger partial charge on any atom is -0.497 e. The van der Waals surface area contributed by atoms with E-state index in [1.165, 1.54) is 11.0 Å². The zero-order valence-corrected chi connectivity index (χ0v) is 20.4. The van der Waals surface area contributed by atoms with Crippen LogP contribution in [0.5, 0.6) is 5.75 Å². The molecule has 0 bridgehead atoms. The lowest BCUT2D eigenvalue weighted by Crippen LogP contribution is -2.46. The Kier molecular flexibility index (Phi) is 6.01. The molecule has 1 unspecified atom stereocenters. The number of carbonyl (C=O) groups excluding carboxylic acids is 1. The number of hydrogen-bond acceptors (Lipinski definition) is 5. The fourth-order valence-corrected chi connectivity index (χ4v) is 4.32. The molecule has 0 spiro atoms. The van der Waals surface area contributed by atoms with Gasteiger partial charge in [0.2, 0.25) is 5.82 Å². The fraction of sp³-hybridized carbons (Fsp3) is 0.179. The highest BCUT2D eigenvalue weighted by Gasteiger charge is 2.36. The lowest BCUT2D eigenvalue weighted by Gasteiger charge is -2.35. The van der Waals surface area contributed by atoms with Crippen molar-refractivity contribution >= 4 is 17.3 Å². The van der Waals surface area contributed by atoms with Gasteiger partial charge in [-0.25, -0.2) is 9.18 Å². The number of anilines is 1. The quantitative estimate of drug-likeness (QED) is 0.365. The van der Waals surface area contributed by atoms with Crippen molar-refractivity contribution < 1.29 is 18.4 Å². The molecule has 3 aromatic carbocycles. The van der Waals surface area contributed by atoms with Crippen LogP contribution in [0.1, 0.15) is 35.5 Å². The molecule has 0 fully saturated rings. The molecule has 0 saturated carbocycles. The topological polar surface area (TPSA) is 80.5 Å². The Morgan fingerprint density at radius 1 is 1.03 bits per heavy atom. The number of hydrogen-bond donors (Lipinski definition) is 1.